The van der Waals surface area contributed by atoms with Crippen LogP contribution in [-0.4, -0.2) is 21.4 Å². The van der Waals surface area contributed by atoms with Crippen molar-refractivity contribution >= 4 is 16.8 Å². The van der Waals surface area contributed by atoms with Crippen LogP contribution in [0.2, 0.25) is 0 Å². The average Bonchev–Trinajstić information content (AvgIpc) is 3.36. The highest BCUT2D eigenvalue weighted by atomic mass is 16.3. The molecule has 0 spiro atoms. The SMILES string of the molecule is O=C(Cn1ccc(=O)c2ccccc21)N(Cc1ccco1)C1CCCC1. The molecule has 1 aromatic carbocycles. The number of amides is 1. The number of para-hydroxylation sites is 1. The zero-order chi connectivity index (χ0) is 17.9. The number of hydrogen-bond acceptors (Lipinski definition) is 3. The molecule has 0 aliphatic heterocycles. The van der Waals surface area contributed by atoms with Gasteiger partial charge in [-0.05, 0) is 37.1 Å². The van der Waals surface area contributed by atoms with E-state index >= 15 is 0 Å². The second-order valence-corrected chi connectivity index (χ2v) is 6.86. The van der Waals surface area contributed by atoms with Crippen LogP contribution in [0.5, 0.6) is 0 Å². The van der Waals surface area contributed by atoms with Gasteiger partial charge in [-0.2, -0.15) is 0 Å². The molecule has 5 nitrogen and oxygen atoms in total. The Balaban J connectivity index is 1.62. The molecule has 3 aromatic rings. The Morgan fingerprint density at radius 3 is 2.69 bits per heavy atom. The number of benzene rings is 1. The van der Waals surface area contributed by atoms with Crippen molar-refractivity contribution in [3.63, 3.8) is 0 Å². The molecule has 2 heterocycles. The molecule has 1 aliphatic rings. The largest absolute Gasteiger partial charge is 0.467 e. The maximum absolute atomic E-state index is 13.1. The van der Waals surface area contributed by atoms with Crippen LogP contribution in [0, 0.1) is 0 Å². The van der Waals surface area contributed by atoms with Gasteiger partial charge < -0.3 is 13.9 Å². The molecule has 0 bridgehead atoms. The molecule has 1 amide bonds. The first-order valence-corrected chi connectivity index (χ1v) is 9.12. The monoisotopic (exact) mass is 350 g/mol. The maximum Gasteiger partial charge on any atom is 0.243 e. The number of carbonyl (C=O) groups is 1. The summed E-state index contributed by atoms with van der Waals surface area (Å²) in [6.45, 7) is 0.715. The summed E-state index contributed by atoms with van der Waals surface area (Å²) in [5, 5.41) is 0.640. The standard InChI is InChI=1S/C21H22N2O3/c24-20-11-12-22(19-10-4-3-9-18(19)20)15-21(25)23(16-6-1-2-7-16)14-17-8-5-13-26-17/h3-5,8-13,16H,1-2,6-7,14-15H2. The highest BCUT2D eigenvalue weighted by molar-refractivity contribution is 5.82. The summed E-state index contributed by atoms with van der Waals surface area (Å²) in [7, 11) is 0. The highest BCUT2D eigenvalue weighted by Crippen LogP contribution is 2.25. The van der Waals surface area contributed by atoms with Gasteiger partial charge in [0.15, 0.2) is 5.43 Å². The smallest absolute Gasteiger partial charge is 0.243 e. The molecule has 4 rings (SSSR count). The fraction of sp³-hybridized carbons (Fsp3) is 0.333. The number of nitrogens with zero attached hydrogens (tertiary/aromatic N) is 2. The summed E-state index contributed by atoms with van der Waals surface area (Å²) in [5.74, 6) is 0.858. The van der Waals surface area contributed by atoms with E-state index in [2.05, 4.69) is 0 Å². The van der Waals surface area contributed by atoms with E-state index < -0.39 is 0 Å². The van der Waals surface area contributed by atoms with Crippen molar-refractivity contribution in [2.45, 2.75) is 44.8 Å². The van der Waals surface area contributed by atoms with Crippen LogP contribution < -0.4 is 5.43 Å². The second-order valence-electron chi connectivity index (χ2n) is 6.86. The topological polar surface area (TPSA) is 55.5 Å². The molecule has 1 fully saturated rings. The van der Waals surface area contributed by atoms with E-state index in [1.54, 1.807) is 18.5 Å². The predicted molar refractivity (Wildman–Crippen MR) is 99.7 cm³/mol. The van der Waals surface area contributed by atoms with E-state index in [0.717, 1.165) is 37.0 Å². The predicted octanol–water partition coefficient (Wildman–Crippen LogP) is 3.57. The van der Waals surface area contributed by atoms with Gasteiger partial charge in [-0.15, -0.1) is 0 Å². The lowest BCUT2D eigenvalue weighted by Gasteiger charge is -2.29. The minimum atomic E-state index is -0.0208. The van der Waals surface area contributed by atoms with Crippen molar-refractivity contribution < 1.29 is 9.21 Å². The molecular formula is C21H22N2O3. The molecule has 26 heavy (non-hydrogen) atoms. The van der Waals surface area contributed by atoms with Crippen LogP contribution in [-0.2, 0) is 17.9 Å². The normalized spacial score (nSPS) is 14.8. The van der Waals surface area contributed by atoms with Gasteiger partial charge in [-0.25, -0.2) is 0 Å². The van der Waals surface area contributed by atoms with Crippen molar-refractivity contribution in [2.75, 3.05) is 0 Å². The Morgan fingerprint density at radius 2 is 1.92 bits per heavy atom. The van der Waals surface area contributed by atoms with Gasteiger partial charge >= 0.3 is 0 Å². The van der Waals surface area contributed by atoms with Crippen LogP contribution in [0.4, 0.5) is 0 Å². The zero-order valence-corrected chi connectivity index (χ0v) is 14.6. The molecule has 0 unspecified atom stereocenters. The van der Waals surface area contributed by atoms with Crippen molar-refractivity contribution in [3.05, 3.63) is 70.9 Å². The molecule has 134 valence electrons. The summed E-state index contributed by atoms with van der Waals surface area (Å²) < 4.78 is 7.33. The number of fused-ring (bicyclic) bond motifs is 1. The van der Waals surface area contributed by atoms with E-state index in [1.165, 1.54) is 6.07 Å². The van der Waals surface area contributed by atoms with Crippen LogP contribution in [0.3, 0.4) is 0 Å². The van der Waals surface area contributed by atoms with Gasteiger partial charge in [-0.3, -0.25) is 9.59 Å². The fourth-order valence-corrected chi connectivity index (χ4v) is 3.84. The van der Waals surface area contributed by atoms with Crippen molar-refractivity contribution in [3.8, 4) is 0 Å². The van der Waals surface area contributed by atoms with Crippen molar-refractivity contribution in [1.29, 1.82) is 0 Å². The maximum atomic E-state index is 13.1. The lowest BCUT2D eigenvalue weighted by atomic mass is 10.2. The molecule has 5 heteroatoms. The molecule has 0 radical (unpaired) electrons. The van der Waals surface area contributed by atoms with Gasteiger partial charge in [0.25, 0.3) is 0 Å². The number of hydrogen-bond donors (Lipinski definition) is 0. The summed E-state index contributed by atoms with van der Waals surface area (Å²) >= 11 is 0. The molecule has 0 atom stereocenters. The third kappa shape index (κ3) is 3.29. The lowest BCUT2D eigenvalue weighted by Crippen LogP contribution is -2.40. The number of furan rings is 1. The van der Waals surface area contributed by atoms with Gasteiger partial charge in [-0.1, -0.05) is 25.0 Å². The van der Waals surface area contributed by atoms with Gasteiger partial charge in [0.2, 0.25) is 5.91 Å². The van der Waals surface area contributed by atoms with Gasteiger partial charge in [0.05, 0.1) is 18.3 Å². The molecular weight excluding hydrogens is 328 g/mol. The summed E-state index contributed by atoms with van der Waals surface area (Å²) in [6.07, 6.45) is 7.75. The van der Waals surface area contributed by atoms with Gasteiger partial charge in [0.1, 0.15) is 12.3 Å². The zero-order valence-electron chi connectivity index (χ0n) is 14.6. The van der Waals surface area contributed by atoms with Gasteiger partial charge in [0, 0.05) is 23.7 Å². The highest BCUT2D eigenvalue weighted by Gasteiger charge is 2.27. The van der Waals surface area contributed by atoms with E-state index in [0.29, 0.717) is 11.9 Å². The molecule has 0 saturated heterocycles. The van der Waals surface area contributed by atoms with Crippen molar-refractivity contribution in [1.82, 2.24) is 9.47 Å². The van der Waals surface area contributed by atoms with E-state index in [-0.39, 0.29) is 23.9 Å². The summed E-state index contributed by atoms with van der Waals surface area (Å²) in [4.78, 5) is 27.1. The van der Waals surface area contributed by atoms with E-state index in [9.17, 15) is 9.59 Å². The average molecular weight is 350 g/mol. The first-order chi connectivity index (χ1) is 12.7. The number of carbonyl (C=O) groups excluding carboxylic acids is 1. The number of rotatable bonds is 5. The summed E-state index contributed by atoms with van der Waals surface area (Å²) in [5.41, 5.74) is 0.769. The number of pyridine rings is 1. The van der Waals surface area contributed by atoms with Crippen molar-refractivity contribution in [2.24, 2.45) is 0 Å². The van der Waals surface area contributed by atoms with Crippen LogP contribution in [0.1, 0.15) is 31.4 Å². The number of aromatic nitrogens is 1. The van der Waals surface area contributed by atoms with Crippen LogP contribution >= 0.6 is 0 Å². The third-order valence-electron chi connectivity index (χ3n) is 5.18. The molecule has 1 saturated carbocycles. The minimum Gasteiger partial charge on any atom is -0.467 e. The Labute approximate surface area is 151 Å². The Bertz CT molecular complexity index is 953. The third-order valence-corrected chi connectivity index (χ3v) is 5.18. The molecule has 1 aliphatic carbocycles. The summed E-state index contributed by atoms with van der Waals surface area (Å²) in [6, 6.07) is 13.0. The van der Waals surface area contributed by atoms with Crippen LogP contribution in [0.25, 0.3) is 10.9 Å². The Morgan fingerprint density at radius 1 is 1.12 bits per heavy atom. The quantitative estimate of drug-likeness (QED) is 0.707. The first kappa shape index (κ1) is 16.6. The molecule has 0 N–H and O–H groups in total. The van der Waals surface area contributed by atoms with Crippen LogP contribution in [0.15, 0.2) is 64.1 Å². The Kier molecular flexibility index (Phi) is 4.61. The Hall–Kier alpha value is -2.82. The lowest BCUT2D eigenvalue weighted by molar-refractivity contribution is -0.135. The van der Waals surface area contributed by atoms with E-state index in [4.69, 9.17) is 4.42 Å². The first-order valence-electron chi connectivity index (χ1n) is 9.12. The second kappa shape index (κ2) is 7.20. The fourth-order valence-electron chi connectivity index (χ4n) is 3.84. The molecule has 2 aromatic heterocycles. The van der Waals surface area contributed by atoms with E-state index in [1.807, 2.05) is 39.8 Å². The minimum absolute atomic E-state index is 0.0208.